The number of sulfonamides is 1. The van der Waals surface area contributed by atoms with Crippen LogP contribution in [-0.4, -0.2) is 34.3 Å². The Morgan fingerprint density at radius 1 is 0.943 bits per heavy atom. The molecule has 0 aliphatic heterocycles. The number of rotatable bonds is 5. The number of hydrogen-bond donors (Lipinski definition) is 2. The standard InChI is InChI=1S/C24H17BrN6O3S/c25-21-22(15-6-7-17(13-32)20(10-15)35(27,33)34)30-24-18(12-29-31(24)23(21)26)16-8-9-19(28-11-16)14-4-2-1-3-5-14/h1-13H,26H2,(H2,27,33,34). The highest BCUT2D eigenvalue weighted by atomic mass is 79.9. The monoisotopic (exact) mass is 548 g/mol. The third kappa shape index (κ3) is 4.09. The van der Waals surface area contributed by atoms with Crippen molar-refractivity contribution < 1.29 is 13.2 Å². The highest BCUT2D eigenvalue weighted by molar-refractivity contribution is 9.10. The summed E-state index contributed by atoms with van der Waals surface area (Å²) in [5.41, 5.74) is 10.8. The van der Waals surface area contributed by atoms with Crippen LogP contribution in [0, 0.1) is 0 Å². The Morgan fingerprint density at radius 3 is 2.34 bits per heavy atom. The van der Waals surface area contributed by atoms with Gasteiger partial charge in [-0.25, -0.2) is 18.5 Å². The van der Waals surface area contributed by atoms with Crippen molar-refractivity contribution in [1.29, 1.82) is 0 Å². The van der Waals surface area contributed by atoms with Gasteiger partial charge in [-0.3, -0.25) is 9.78 Å². The molecule has 0 radical (unpaired) electrons. The summed E-state index contributed by atoms with van der Waals surface area (Å²) in [7, 11) is -4.14. The fourth-order valence-corrected chi connectivity index (χ4v) is 4.97. The Bertz CT molecular complexity index is 1700. The fourth-order valence-electron chi connectivity index (χ4n) is 3.75. The van der Waals surface area contributed by atoms with Gasteiger partial charge in [0.25, 0.3) is 0 Å². The van der Waals surface area contributed by atoms with Gasteiger partial charge in [0, 0.05) is 34.0 Å². The first-order chi connectivity index (χ1) is 16.8. The van der Waals surface area contributed by atoms with E-state index in [4.69, 9.17) is 15.9 Å². The molecule has 0 fully saturated rings. The summed E-state index contributed by atoms with van der Waals surface area (Å²) in [5, 5.41) is 9.68. The SMILES string of the molecule is Nc1c(Br)c(-c2ccc(C=O)c(S(N)(=O)=O)c2)nc2c(-c3ccc(-c4ccccc4)nc3)cnn12. The fraction of sp³-hybridized carbons (Fsp3) is 0. The zero-order chi connectivity index (χ0) is 24.7. The van der Waals surface area contributed by atoms with Gasteiger partial charge >= 0.3 is 0 Å². The quantitative estimate of drug-likeness (QED) is 0.316. The van der Waals surface area contributed by atoms with Crippen molar-refractivity contribution >= 4 is 43.7 Å². The van der Waals surface area contributed by atoms with Gasteiger partial charge in [0.2, 0.25) is 10.0 Å². The van der Waals surface area contributed by atoms with E-state index in [-0.39, 0.29) is 16.3 Å². The molecule has 0 aliphatic rings. The van der Waals surface area contributed by atoms with Gasteiger partial charge in [0.05, 0.1) is 27.0 Å². The van der Waals surface area contributed by atoms with Crippen molar-refractivity contribution in [2.75, 3.05) is 5.73 Å². The van der Waals surface area contributed by atoms with Gasteiger partial charge in [-0.05, 0) is 34.1 Å². The van der Waals surface area contributed by atoms with Crippen molar-refractivity contribution in [2.45, 2.75) is 4.90 Å². The molecular formula is C24H17BrN6O3S. The number of pyridine rings is 1. The van der Waals surface area contributed by atoms with Crippen LogP contribution in [0.4, 0.5) is 5.82 Å². The van der Waals surface area contributed by atoms with Crippen LogP contribution >= 0.6 is 15.9 Å². The van der Waals surface area contributed by atoms with Crippen LogP contribution < -0.4 is 10.9 Å². The number of nitrogens with two attached hydrogens (primary N) is 2. The maximum absolute atomic E-state index is 12.0. The minimum atomic E-state index is -4.14. The van der Waals surface area contributed by atoms with Crippen LogP contribution in [-0.2, 0) is 10.0 Å². The minimum absolute atomic E-state index is 0.0453. The maximum Gasteiger partial charge on any atom is 0.238 e. The molecule has 174 valence electrons. The Balaban J connectivity index is 1.65. The topological polar surface area (TPSA) is 146 Å². The smallest absolute Gasteiger partial charge is 0.238 e. The number of hydrogen-bond acceptors (Lipinski definition) is 7. The molecule has 0 bridgehead atoms. The lowest BCUT2D eigenvalue weighted by Gasteiger charge is -2.11. The summed E-state index contributed by atoms with van der Waals surface area (Å²) in [6, 6.07) is 17.9. The molecule has 0 unspecified atom stereocenters. The Labute approximate surface area is 208 Å². The molecule has 4 N–H and O–H groups in total. The molecule has 2 aromatic carbocycles. The molecule has 0 atom stereocenters. The molecule has 0 saturated carbocycles. The predicted octanol–water partition coefficient (Wildman–Crippen LogP) is 3.93. The number of anilines is 1. The lowest BCUT2D eigenvalue weighted by atomic mass is 10.1. The van der Waals surface area contributed by atoms with Crippen LogP contribution in [0.15, 0.2) is 82.4 Å². The third-order valence-corrected chi connectivity index (χ3v) is 7.24. The number of nitrogens with zero attached hydrogens (tertiary/aromatic N) is 4. The van der Waals surface area contributed by atoms with Gasteiger partial charge in [-0.2, -0.15) is 9.61 Å². The molecule has 3 heterocycles. The summed E-state index contributed by atoms with van der Waals surface area (Å²) >= 11 is 3.44. The number of fused-ring (bicyclic) bond motifs is 1. The van der Waals surface area contributed by atoms with Gasteiger partial charge in [0.15, 0.2) is 11.9 Å². The van der Waals surface area contributed by atoms with E-state index in [2.05, 4.69) is 26.0 Å². The van der Waals surface area contributed by atoms with E-state index < -0.39 is 10.0 Å². The van der Waals surface area contributed by atoms with E-state index >= 15 is 0 Å². The van der Waals surface area contributed by atoms with Gasteiger partial charge in [-0.15, -0.1) is 0 Å². The van der Waals surface area contributed by atoms with E-state index in [1.165, 1.54) is 16.6 Å². The molecule has 9 nitrogen and oxygen atoms in total. The summed E-state index contributed by atoms with van der Waals surface area (Å²) in [6.45, 7) is 0. The number of nitrogen functional groups attached to an aromatic ring is 1. The maximum atomic E-state index is 12.0. The van der Waals surface area contributed by atoms with Crippen molar-refractivity contribution in [3.8, 4) is 33.6 Å². The number of benzene rings is 2. The summed E-state index contributed by atoms with van der Waals surface area (Å²) in [4.78, 5) is 20.3. The van der Waals surface area contributed by atoms with Crippen LogP contribution in [0.5, 0.6) is 0 Å². The molecule has 5 aromatic rings. The van der Waals surface area contributed by atoms with Crippen molar-refractivity contribution in [1.82, 2.24) is 19.6 Å². The Morgan fingerprint density at radius 2 is 1.69 bits per heavy atom. The van der Waals surface area contributed by atoms with Crippen LogP contribution in [0.2, 0.25) is 0 Å². The van der Waals surface area contributed by atoms with Crippen LogP contribution in [0.1, 0.15) is 10.4 Å². The van der Waals surface area contributed by atoms with E-state index in [1.807, 2.05) is 42.5 Å². The van der Waals surface area contributed by atoms with Crippen molar-refractivity contribution in [3.63, 3.8) is 0 Å². The second kappa shape index (κ2) is 8.69. The number of halogens is 1. The number of aldehydes is 1. The average Bonchev–Trinajstić information content (AvgIpc) is 3.30. The molecule has 0 amide bonds. The van der Waals surface area contributed by atoms with Gasteiger partial charge < -0.3 is 5.73 Å². The molecule has 11 heteroatoms. The molecular weight excluding hydrogens is 532 g/mol. The summed E-state index contributed by atoms with van der Waals surface area (Å²) < 4.78 is 26.0. The second-order valence-electron chi connectivity index (χ2n) is 7.67. The average molecular weight is 549 g/mol. The highest BCUT2D eigenvalue weighted by Gasteiger charge is 2.20. The normalized spacial score (nSPS) is 11.6. The van der Waals surface area contributed by atoms with Crippen LogP contribution in [0.25, 0.3) is 39.3 Å². The largest absolute Gasteiger partial charge is 0.383 e. The third-order valence-electron chi connectivity index (χ3n) is 5.49. The van der Waals surface area contributed by atoms with E-state index in [9.17, 15) is 13.2 Å². The minimum Gasteiger partial charge on any atom is -0.383 e. The van der Waals surface area contributed by atoms with E-state index in [0.29, 0.717) is 33.2 Å². The molecule has 5 rings (SSSR count). The van der Waals surface area contributed by atoms with Crippen molar-refractivity contribution in [2.24, 2.45) is 5.14 Å². The van der Waals surface area contributed by atoms with Crippen LogP contribution in [0.3, 0.4) is 0 Å². The number of primary sulfonamides is 1. The molecule has 0 saturated heterocycles. The predicted molar refractivity (Wildman–Crippen MR) is 136 cm³/mol. The lowest BCUT2D eigenvalue weighted by Crippen LogP contribution is -2.14. The first-order valence-electron chi connectivity index (χ1n) is 10.2. The van der Waals surface area contributed by atoms with E-state index in [0.717, 1.165) is 16.8 Å². The first kappa shape index (κ1) is 22.8. The highest BCUT2D eigenvalue weighted by Crippen LogP contribution is 2.36. The Kier molecular flexibility index (Phi) is 5.67. The molecule has 0 aliphatic carbocycles. The molecule has 3 aromatic heterocycles. The molecule has 0 spiro atoms. The zero-order valence-corrected chi connectivity index (χ0v) is 20.4. The molecule has 35 heavy (non-hydrogen) atoms. The number of carbonyl (C=O) groups is 1. The Hall–Kier alpha value is -3.93. The summed E-state index contributed by atoms with van der Waals surface area (Å²) in [6.07, 6.45) is 3.81. The lowest BCUT2D eigenvalue weighted by molar-refractivity contribution is 0.112. The first-order valence-corrected chi connectivity index (χ1v) is 12.6. The van der Waals surface area contributed by atoms with Gasteiger partial charge in [-0.1, -0.05) is 42.5 Å². The number of aromatic nitrogens is 4. The number of carbonyl (C=O) groups excluding carboxylic acids is 1. The summed E-state index contributed by atoms with van der Waals surface area (Å²) in [5.74, 6) is 0.265. The van der Waals surface area contributed by atoms with E-state index in [1.54, 1.807) is 18.5 Å². The zero-order valence-electron chi connectivity index (χ0n) is 18.0. The van der Waals surface area contributed by atoms with Gasteiger partial charge in [0.1, 0.15) is 5.82 Å². The van der Waals surface area contributed by atoms with Crippen molar-refractivity contribution in [3.05, 3.63) is 83.1 Å². The second-order valence-corrected chi connectivity index (χ2v) is 9.99.